The van der Waals surface area contributed by atoms with E-state index in [9.17, 15) is 0 Å². The Morgan fingerprint density at radius 3 is 3.00 bits per heavy atom. The summed E-state index contributed by atoms with van der Waals surface area (Å²) in [6, 6.07) is 8.95. The summed E-state index contributed by atoms with van der Waals surface area (Å²) in [5.41, 5.74) is 2.97. The minimum Gasteiger partial charge on any atom is -0.493 e. The van der Waals surface area contributed by atoms with Crippen LogP contribution in [0.2, 0.25) is 0 Å². The zero-order chi connectivity index (χ0) is 13.1. The smallest absolute Gasteiger partial charge is 0.122 e. The number of hydrogen-bond donors (Lipinski definition) is 1. The van der Waals surface area contributed by atoms with Crippen molar-refractivity contribution in [2.45, 2.75) is 44.6 Å². The molecule has 1 N–H and O–H groups in total. The first-order valence-corrected chi connectivity index (χ1v) is 7.54. The fourth-order valence-corrected chi connectivity index (χ4v) is 3.36. The van der Waals surface area contributed by atoms with Gasteiger partial charge in [-0.3, -0.25) is 0 Å². The van der Waals surface area contributed by atoms with Gasteiger partial charge in [0.05, 0.1) is 6.61 Å². The van der Waals surface area contributed by atoms with Gasteiger partial charge in [0.2, 0.25) is 0 Å². The van der Waals surface area contributed by atoms with Gasteiger partial charge >= 0.3 is 0 Å². The molecule has 1 aromatic carbocycles. The lowest BCUT2D eigenvalue weighted by Gasteiger charge is -2.28. The van der Waals surface area contributed by atoms with Crippen molar-refractivity contribution >= 4 is 0 Å². The van der Waals surface area contributed by atoms with Crippen LogP contribution in [0.4, 0.5) is 0 Å². The molecule has 19 heavy (non-hydrogen) atoms. The highest BCUT2D eigenvalue weighted by atomic mass is 16.5. The molecule has 3 rings (SSSR count). The standard InChI is InChI=1S/C17H23NO/c1-2-18-17(13-8-4-3-5-9-13)15-12-19-16-11-7-6-10-14(15)16/h6-8,10-11,15,17-18H,2-5,9,12H2,1H3. The van der Waals surface area contributed by atoms with Crippen molar-refractivity contribution in [2.75, 3.05) is 13.2 Å². The second kappa shape index (κ2) is 5.79. The molecule has 0 spiro atoms. The first-order chi connectivity index (χ1) is 9.40. The maximum Gasteiger partial charge on any atom is 0.122 e. The van der Waals surface area contributed by atoms with Gasteiger partial charge in [-0.25, -0.2) is 0 Å². The molecule has 0 saturated carbocycles. The Hall–Kier alpha value is -1.28. The molecule has 2 heteroatoms. The van der Waals surface area contributed by atoms with Gasteiger partial charge in [0.15, 0.2) is 0 Å². The van der Waals surface area contributed by atoms with Gasteiger partial charge in [0.1, 0.15) is 5.75 Å². The summed E-state index contributed by atoms with van der Waals surface area (Å²) in [5, 5.41) is 3.69. The number of nitrogens with one attached hydrogen (secondary N) is 1. The lowest BCUT2D eigenvalue weighted by Crippen LogP contribution is -2.37. The molecule has 0 bridgehead atoms. The van der Waals surface area contributed by atoms with Gasteiger partial charge in [0, 0.05) is 17.5 Å². The number of rotatable bonds is 4. The van der Waals surface area contributed by atoms with E-state index in [1.54, 1.807) is 5.57 Å². The number of para-hydroxylation sites is 1. The van der Waals surface area contributed by atoms with E-state index in [0.717, 1.165) is 18.9 Å². The third-order valence-corrected chi connectivity index (χ3v) is 4.29. The Bertz CT molecular complexity index is 466. The molecule has 0 saturated heterocycles. The van der Waals surface area contributed by atoms with E-state index in [0.29, 0.717) is 12.0 Å². The summed E-state index contributed by atoms with van der Waals surface area (Å²) in [5.74, 6) is 1.55. The van der Waals surface area contributed by atoms with Crippen LogP contribution in [0.3, 0.4) is 0 Å². The first-order valence-electron chi connectivity index (χ1n) is 7.54. The van der Waals surface area contributed by atoms with Crippen LogP contribution in [0.1, 0.15) is 44.1 Å². The van der Waals surface area contributed by atoms with E-state index >= 15 is 0 Å². The van der Waals surface area contributed by atoms with Crippen molar-refractivity contribution < 1.29 is 4.74 Å². The summed E-state index contributed by atoms with van der Waals surface area (Å²) in [6.45, 7) is 4.02. The van der Waals surface area contributed by atoms with Crippen molar-refractivity contribution in [3.05, 3.63) is 41.5 Å². The maximum atomic E-state index is 5.86. The molecule has 2 atom stereocenters. The second-order valence-corrected chi connectivity index (χ2v) is 5.52. The van der Waals surface area contributed by atoms with Crippen LogP contribution in [0.5, 0.6) is 5.75 Å². The summed E-state index contributed by atoms with van der Waals surface area (Å²) in [7, 11) is 0. The van der Waals surface area contributed by atoms with E-state index in [-0.39, 0.29) is 0 Å². The number of benzene rings is 1. The van der Waals surface area contributed by atoms with Crippen molar-refractivity contribution in [3.8, 4) is 5.75 Å². The molecule has 1 aliphatic heterocycles. The van der Waals surface area contributed by atoms with E-state index in [2.05, 4.69) is 42.6 Å². The number of hydrogen-bond acceptors (Lipinski definition) is 2. The Morgan fingerprint density at radius 1 is 1.32 bits per heavy atom. The van der Waals surface area contributed by atoms with E-state index < -0.39 is 0 Å². The average Bonchev–Trinajstić information content (AvgIpc) is 2.89. The maximum absolute atomic E-state index is 5.86. The van der Waals surface area contributed by atoms with Crippen LogP contribution in [0.25, 0.3) is 0 Å². The molecule has 0 fully saturated rings. The van der Waals surface area contributed by atoms with Crippen molar-refractivity contribution in [3.63, 3.8) is 0 Å². The second-order valence-electron chi connectivity index (χ2n) is 5.52. The average molecular weight is 257 g/mol. The minimum atomic E-state index is 0.453. The van der Waals surface area contributed by atoms with Crippen LogP contribution in [-0.4, -0.2) is 19.2 Å². The van der Waals surface area contributed by atoms with E-state index in [4.69, 9.17) is 4.74 Å². The lowest BCUT2D eigenvalue weighted by atomic mass is 9.83. The third kappa shape index (κ3) is 2.55. The molecule has 1 aliphatic carbocycles. The molecule has 1 aromatic rings. The van der Waals surface area contributed by atoms with Gasteiger partial charge in [-0.15, -0.1) is 0 Å². The van der Waals surface area contributed by atoms with Gasteiger partial charge in [0.25, 0.3) is 0 Å². The normalized spacial score (nSPS) is 23.4. The van der Waals surface area contributed by atoms with Gasteiger partial charge in [-0.05, 0) is 38.3 Å². The summed E-state index contributed by atoms with van der Waals surface area (Å²) in [4.78, 5) is 0. The van der Waals surface area contributed by atoms with Crippen LogP contribution in [-0.2, 0) is 0 Å². The predicted molar refractivity (Wildman–Crippen MR) is 78.7 cm³/mol. The number of fused-ring (bicyclic) bond motifs is 1. The lowest BCUT2D eigenvalue weighted by molar-refractivity contribution is 0.307. The highest BCUT2D eigenvalue weighted by molar-refractivity contribution is 5.42. The Morgan fingerprint density at radius 2 is 2.21 bits per heavy atom. The minimum absolute atomic E-state index is 0.453. The monoisotopic (exact) mass is 257 g/mol. The molecule has 0 amide bonds. The van der Waals surface area contributed by atoms with Crippen LogP contribution >= 0.6 is 0 Å². The SMILES string of the molecule is CCNC(C1=CCCCC1)C1COc2ccccc21. The molecule has 2 aliphatic rings. The van der Waals surface area contributed by atoms with Crippen molar-refractivity contribution in [1.82, 2.24) is 5.32 Å². The summed E-state index contributed by atoms with van der Waals surface area (Å²) in [6.07, 6.45) is 7.63. The molecule has 102 valence electrons. The summed E-state index contributed by atoms with van der Waals surface area (Å²) >= 11 is 0. The number of allylic oxidation sites excluding steroid dienone is 1. The molecular weight excluding hydrogens is 234 g/mol. The topological polar surface area (TPSA) is 21.3 Å². The molecule has 2 nitrogen and oxygen atoms in total. The van der Waals surface area contributed by atoms with Gasteiger partial charge in [-0.1, -0.05) is 36.8 Å². The zero-order valence-corrected chi connectivity index (χ0v) is 11.7. The van der Waals surface area contributed by atoms with Crippen LogP contribution in [0.15, 0.2) is 35.9 Å². The fourth-order valence-electron chi connectivity index (χ4n) is 3.36. The molecular formula is C17H23NO. The molecule has 1 heterocycles. The van der Waals surface area contributed by atoms with Crippen molar-refractivity contribution in [1.29, 1.82) is 0 Å². The predicted octanol–water partition coefficient (Wildman–Crippen LogP) is 3.64. The third-order valence-electron chi connectivity index (χ3n) is 4.29. The molecule has 0 aromatic heterocycles. The van der Waals surface area contributed by atoms with Gasteiger partial charge in [-0.2, -0.15) is 0 Å². The highest BCUT2D eigenvalue weighted by Gasteiger charge is 2.32. The van der Waals surface area contributed by atoms with Gasteiger partial charge < -0.3 is 10.1 Å². The largest absolute Gasteiger partial charge is 0.493 e. The summed E-state index contributed by atoms with van der Waals surface area (Å²) < 4.78 is 5.86. The molecule has 0 radical (unpaired) electrons. The quantitative estimate of drug-likeness (QED) is 0.831. The fraction of sp³-hybridized carbons (Fsp3) is 0.529. The number of ether oxygens (including phenoxy) is 1. The van der Waals surface area contributed by atoms with Crippen molar-refractivity contribution in [2.24, 2.45) is 0 Å². The van der Waals surface area contributed by atoms with E-state index in [1.807, 2.05) is 0 Å². The molecule has 2 unspecified atom stereocenters. The van der Waals surface area contributed by atoms with E-state index in [1.165, 1.54) is 31.2 Å². The Labute approximate surface area is 115 Å². The van der Waals surface area contributed by atoms with Crippen LogP contribution < -0.4 is 10.1 Å². The highest BCUT2D eigenvalue weighted by Crippen LogP contribution is 2.39. The van der Waals surface area contributed by atoms with Crippen LogP contribution in [0, 0.1) is 0 Å². The Balaban J connectivity index is 1.87. The number of likely N-dealkylation sites (N-methyl/N-ethyl adjacent to an activating group) is 1. The Kier molecular flexibility index (Phi) is 3.88. The first kappa shape index (κ1) is 12.7. The zero-order valence-electron chi connectivity index (χ0n) is 11.7.